The van der Waals surface area contributed by atoms with E-state index in [1.165, 1.54) is 0 Å². The molecule has 0 heterocycles. The Morgan fingerprint density at radius 2 is 1.88 bits per heavy atom. The number of amides is 1. The van der Waals surface area contributed by atoms with E-state index in [1.807, 2.05) is 34.9 Å². The van der Waals surface area contributed by atoms with Gasteiger partial charge in [0.05, 0.1) is 19.8 Å². The van der Waals surface area contributed by atoms with E-state index in [-0.39, 0.29) is 11.4 Å². The summed E-state index contributed by atoms with van der Waals surface area (Å²) in [6, 6.07) is 0. The number of carbonyl (C=O) groups excluding carboxylic acids is 1. The van der Waals surface area contributed by atoms with E-state index in [2.05, 4.69) is 15.5 Å². The van der Waals surface area contributed by atoms with Crippen LogP contribution in [0, 0.1) is 0 Å². The fraction of sp³-hybridized carbons (Fsp3) is 0.917. The summed E-state index contributed by atoms with van der Waals surface area (Å²) in [5.41, 5.74) is -0.0282. The molecular formula is C12H27N3O2. The Morgan fingerprint density at radius 3 is 2.41 bits per heavy atom. The maximum Gasteiger partial charge on any atom is 0.234 e. The summed E-state index contributed by atoms with van der Waals surface area (Å²) in [6.45, 7) is 9.18. The Balaban J connectivity index is 3.34. The van der Waals surface area contributed by atoms with Gasteiger partial charge < -0.3 is 20.3 Å². The number of carbonyl (C=O) groups is 1. The second-order valence-electron chi connectivity index (χ2n) is 5.37. The predicted octanol–water partition coefficient (Wildman–Crippen LogP) is 0.0689. The zero-order valence-corrected chi connectivity index (χ0v) is 11.8. The highest BCUT2D eigenvalue weighted by Gasteiger charge is 2.10. The Bertz CT molecular complexity index is 212. The molecule has 0 rings (SSSR count). The first-order chi connectivity index (χ1) is 7.81. The molecule has 17 heavy (non-hydrogen) atoms. The van der Waals surface area contributed by atoms with E-state index < -0.39 is 0 Å². The first kappa shape index (κ1) is 16.4. The highest BCUT2D eigenvalue weighted by molar-refractivity contribution is 5.78. The minimum atomic E-state index is -0.0282. The molecule has 2 N–H and O–H groups in total. The van der Waals surface area contributed by atoms with Crippen molar-refractivity contribution in [1.82, 2.24) is 15.5 Å². The van der Waals surface area contributed by atoms with Gasteiger partial charge in [-0.1, -0.05) is 0 Å². The van der Waals surface area contributed by atoms with E-state index in [9.17, 15) is 4.79 Å². The van der Waals surface area contributed by atoms with E-state index >= 15 is 0 Å². The second-order valence-corrected chi connectivity index (χ2v) is 5.37. The van der Waals surface area contributed by atoms with Crippen molar-refractivity contribution in [1.29, 1.82) is 0 Å². The van der Waals surface area contributed by atoms with Crippen LogP contribution in [0.2, 0.25) is 0 Å². The van der Waals surface area contributed by atoms with Gasteiger partial charge in [0.15, 0.2) is 0 Å². The molecule has 5 heteroatoms. The van der Waals surface area contributed by atoms with Gasteiger partial charge in [-0.25, -0.2) is 0 Å². The van der Waals surface area contributed by atoms with Gasteiger partial charge in [0.2, 0.25) is 5.91 Å². The summed E-state index contributed by atoms with van der Waals surface area (Å²) in [5.74, 6) is 0.0103. The molecule has 5 nitrogen and oxygen atoms in total. The van der Waals surface area contributed by atoms with Crippen LogP contribution in [0.3, 0.4) is 0 Å². The molecule has 0 saturated carbocycles. The normalized spacial score (nSPS) is 11.9. The fourth-order valence-corrected chi connectivity index (χ4v) is 1.02. The van der Waals surface area contributed by atoms with Crippen molar-refractivity contribution in [2.45, 2.75) is 26.3 Å². The molecule has 0 fully saturated rings. The largest absolute Gasteiger partial charge is 0.378 e. The maximum absolute atomic E-state index is 11.4. The van der Waals surface area contributed by atoms with Crippen LogP contribution in [0.15, 0.2) is 0 Å². The second kappa shape index (κ2) is 8.44. The summed E-state index contributed by atoms with van der Waals surface area (Å²) in [5, 5.41) is 5.93. The van der Waals surface area contributed by atoms with Crippen LogP contribution in [0.5, 0.6) is 0 Å². The first-order valence-electron chi connectivity index (χ1n) is 6.05. The first-order valence-corrected chi connectivity index (χ1v) is 6.05. The Hall–Kier alpha value is -0.650. The van der Waals surface area contributed by atoms with Gasteiger partial charge in [0.1, 0.15) is 0 Å². The number of nitrogens with zero attached hydrogens (tertiary/aromatic N) is 1. The van der Waals surface area contributed by atoms with Crippen molar-refractivity contribution in [3.8, 4) is 0 Å². The van der Waals surface area contributed by atoms with Crippen molar-refractivity contribution in [3.05, 3.63) is 0 Å². The van der Waals surface area contributed by atoms with Crippen molar-refractivity contribution >= 4 is 5.91 Å². The van der Waals surface area contributed by atoms with Gasteiger partial charge in [-0.3, -0.25) is 4.79 Å². The van der Waals surface area contributed by atoms with Crippen molar-refractivity contribution < 1.29 is 9.53 Å². The summed E-state index contributed by atoms with van der Waals surface area (Å²) >= 11 is 0. The summed E-state index contributed by atoms with van der Waals surface area (Å²) in [4.78, 5) is 13.5. The fourth-order valence-electron chi connectivity index (χ4n) is 1.02. The number of hydrogen-bond acceptors (Lipinski definition) is 4. The van der Waals surface area contributed by atoms with Gasteiger partial charge >= 0.3 is 0 Å². The van der Waals surface area contributed by atoms with Crippen LogP contribution in [0.4, 0.5) is 0 Å². The molecule has 0 bridgehead atoms. The molecule has 0 saturated heterocycles. The predicted molar refractivity (Wildman–Crippen MR) is 70.1 cm³/mol. The molecule has 1 amide bonds. The van der Waals surface area contributed by atoms with Gasteiger partial charge in [-0.2, -0.15) is 0 Å². The summed E-state index contributed by atoms with van der Waals surface area (Å²) < 4.78 is 5.36. The highest BCUT2D eigenvalue weighted by atomic mass is 16.5. The van der Waals surface area contributed by atoms with Crippen molar-refractivity contribution in [2.24, 2.45) is 0 Å². The zero-order chi connectivity index (χ0) is 13.3. The number of rotatable bonds is 8. The maximum atomic E-state index is 11.4. The standard InChI is InChI=1S/C12H27N3O2/c1-12(2,3)14-10-11(16)13-6-8-17-9-7-15(4)5/h14H,6-10H2,1-5H3,(H,13,16). The monoisotopic (exact) mass is 245 g/mol. The molecule has 0 aromatic heterocycles. The molecule has 0 atom stereocenters. The Labute approximate surface area is 105 Å². The van der Waals surface area contributed by atoms with Gasteiger partial charge in [0, 0.05) is 18.6 Å². The molecule has 0 aliphatic carbocycles. The lowest BCUT2D eigenvalue weighted by atomic mass is 10.1. The zero-order valence-electron chi connectivity index (χ0n) is 11.8. The van der Waals surface area contributed by atoms with E-state index in [0.717, 1.165) is 6.54 Å². The third-order valence-corrected chi connectivity index (χ3v) is 2.03. The average molecular weight is 245 g/mol. The lowest BCUT2D eigenvalue weighted by molar-refractivity contribution is -0.120. The van der Waals surface area contributed by atoms with Crippen LogP contribution < -0.4 is 10.6 Å². The summed E-state index contributed by atoms with van der Waals surface area (Å²) in [7, 11) is 4.01. The molecule has 0 aromatic carbocycles. The topological polar surface area (TPSA) is 53.6 Å². The summed E-state index contributed by atoms with van der Waals surface area (Å²) in [6.07, 6.45) is 0. The molecular weight excluding hydrogens is 218 g/mol. The van der Waals surface area contributed by atoms with Crippen LogP contribution in [0.1, 0.15) is 20.8 Å². The highest BCUT2D eigenvalue weighted by Crippen LogP contribution is 1.96. The number of hydrogen-bond donors (Lipinski definition) is 2. The Morgan fingerprint density at radius 1 is 1.24 bits per heavy atom. The van der Waals surface area contributed by atoms with Crippen molar-refractivity contribution in [2.75, 3.05) is 46.9 Å². The van der Waals surface area contributed by atoms with E-state index in [4.69, 9.17) is 4.74 Å². The van der Waals surface area contributed by atoms with E-state index in [0.29, 0.717) is 26.3 Å². The third-order valence-electron chi connectivity index (χ3n) is 2.03. The molecule has 0 aliphatic heterocycles. The Kier molecular flexibility index (Phi) is 8.12. The molecule has 0 aliphatic rings. The number of likely N-dealkylation sites (N-methyl/N-ethyl adjacent to an activating group) is 1. The molecule has 0 aromatic rings. The molecule has 0 radical (unpaired) electrons. The van der Waals surface area contributed by atoms with Gasteiger partial charge in [-0.05, 0) is 34.9 Å². The smallest absolute Gasteiger partial charge is 0.234 e. The third kappa shape index (κ3) is 13.3. The lowest BCUT2D eigenvalue weighted by Crippen LogP contribution is -2.43. The lowest BCUT2D eigenvalue weighted by Gasteiger charge is -2.20. The average Bonchev–Trinajstić information content (AvgIpc) is 2.19. The molecule has 0 unspecified atom stereocenters. The number of ether oxygens (including phenoxy) is 1. The van der Waals surface area contributed by atoms with Crippen molar-refractivity contribution in [3.63, 3.8) is 0 Å². The minimum absolute atomic E-state index is 0.0103. The van der Waals surface area contributed by atoms with Crippen LogP contribution >= 0.6 is 0 Å². The van der Waals surface area contributed by atoms with Crippen LogP contribution in [-0.2, 0) is 9.53 Å². The minimum Gasteiger partial charge on any atom is -0.378 e. The molecule has 102 valence electrons. The number of nitrogens with one attached hydrogen (secondary N) is 2. The van der Waals surface area contributed by atoms with Gasteiger partial charge in [-0.15, -0.1) is 0 Å². The quantitative estimate of drug-likeness (QED) is 0.594. The SMILES string of the molecule is CN(C)CCOCCNC(=O)CNC(C)(C)C. The van der Waals surface area contributed by atoms with E-state index in [1.54, 1.807) is 0 Å². The van der Waals surface area contributed by atoms with Gasteiger partial charge in [0.25, 0.3) is 0 Å². The van der Waals surface area contributed by atoms with Crippen LogP contribution in [-0.4, -0.2) is 63.3 Å². The van der Waals surface area contributed by atoms with Crippen LogP contribution in [0.25, 0.3) is 0 Å². The molecule has 0 spiro atoms.